The molecular formula is C11H17NO8S. The highest BCUT2D eigenvalue weighted by Crippen LogP contribution is 2.05. The van der Waals surface area contributed by atoms with Gasteiger partial charge in [-0.2, -0.15) is 8.42 Å². The van der Waals surface area contributed by atoms with E-state index in [4.69, 9.17) is 14.8 Å². The third-order valence-electron chi connectivity index (χ3n) is 1.56. The molecule has 1 amide bonds. The molecule has 0 bridgehead atoms. The highest BCUT2D eigenvalue weighted by Gasteiger charge is 2.25. The Kier molecular flexibility index (Phi) is 8.91. The van der Waals surface area contributed by atoms with Crippen LogP contribution in [0, 0.1) is 0 Å². The molecule has 0 radical (unpaired) electrons. The second-order valence-corrected chi connectivity index (χ2v) is 5.77. The third-order valence-corrected chi connectivity index (χ3v) is 2.65. The minimum Gasteiger partial charge on any atom is -0.478 e. The van der Waals surface area contributed by atoms with Crippen LogP contribution in [0.2, 0.25) is 0 Å². The molecule has 10 heteroatoms. The molecule has 0 saturated heterocycles. The predicted octanol–water partition coefficient (Wildman–Crippen LogP) is -0.333. The van der Waals surface area contributed by atoms with Gasteiger partial charge in [0.2, 0.25) is 5.91 Å². The minimum absolute atomic E-state index is 0.478. The molecule has 9 nitrogen and oxygen atoms in total. The van der Waals surface area contributed by atoms with Gasteiger partial charge >= 0.3 is 11.9 Å². The fourth-order valence-electron chi connectivity index (χ4n) is 1.02. The Labute approximate surface area is 121 Å². The van der Waals surface area contributed by atoms with Crippen LogP contribution in [-0.2, 0) is 24.5 Å². The Morgan fingerprint density at radius 2 is 1.52 bits per heavy atom. The van der Waals surface area contributed by atoms with Gasteiger partial charge in [-0.1, -0.05) is 6.58 Å². The van der Waals surface area contributed by atoms with Gasteiger partial charge in [0.1, 0.15) is 0 Å². The Bertz CT molecular complexity index is 516. The lowest BCUT2D eigenvalue weighted by atomic mass is 10.1. The molecule has 0 aromatic heterocycles. The Hall–Kier alpha value is -2.20. The van der Waals surface area contributed by atoms with Crippen LogP contribution in [0.25, 0.3) is 0 Å². The average Bonchev–Trinajstić information content (AvgIpc) is 2.22. The molecule has 21 heavy (non-hydrogen) atoms. The molecule has 4 N–H and O–H groups in total. The normalized spacial score (nSPS) is 11.2. The fraction of sp³-hybridized carbons (Fsp3) is 0.364. The van der Waals surface area contributed by atoms with Crippen molar-refractivity contribution in [3.8, 4) is 0 Å². The Morgan fingerprint density at radius 1 is 1.14 bits per heavy atom. The van der Waals surface area contributed by atoms with Crippen molar-refractivity contribution < 1.29 is 37.6 Å². The number of rotatable bonds is 6. The van der Waals surface area contributed by atoms with E-state index in [1.165, 1.54) is 13.8 Å². The molecule has 0 atom stereocenters. The molecule has 0 heterocycles. The lowest BCUT2D eigenvalue weighted by Gasteiger charge is -2.23. The van der Waals surface area contributed by atoms with E-state index in [2.05, 4.69) is 11.9 Å². The largest absolute Gasteiger partial charge is 0.478 e. The number of nitrogens with one attached hydrogen (secondary N) is 1. The van der Waals surface area contributed by atoms with Crippen LogP contribution < -0.4 is 5.32 Å². The summed E-state index contributed by atoms with van der Waals surface area (Å²) in [5.41, 5.74) is -1.00. The summed E-state index contributed by atoms with van der Waals surface area (Å²) in [7, 11) is -4.08. The number of carboxylic acids is 2. The van der Waals surface area contributed by atoms with Crippen molar-refractivity contribution in [3.05, 3.63) is 24.8 Å². The number of hydrogen-bond donors (Lipinski definition) is 4. The van der Waals surface area contributed by atoms with Gasteiger partial charge in [0.15, 0.2) is 0 Å². The number of amides is 1. The second-order valence-electron chi connectivity index (χ2n) is 4.31. The van der Waals surface area contributed by atoms with E-state index in [1.54, 1.807) is 0 Å². The predicted molar refractivity (Wildman–Crippen MR) is 73.2 cm³/mol. The summed E-state index contributed by atoms with van der Waals surface area (Å²) in [5.74, 6) is -3.52. The minimum atomic E-state index is -4.08. The number of carbonyl (C=O) groups is 3. The van der Waals surface area contributed by atoms with Gasteiger partial charge in [0, 0.05) is 12.2 Å². The van der Waals surface area contributed by atoms with Gasteiger partial charge in [-0.05, 0) is 19.9 Å². The molecule has 0 unspecified atom stereocenters. The second kappa shape index (κ2) is 8.87. The molecule has 0 aliphatic carbocycles. The van der Waals surface area contributed by atoms with Gasteiger partial charge in [-0.15, -0.1) is 0 Å². The highest BCUT2D eigenvalue weighted by atomic mass is 32.2. The number of aliphatic carboxylic acids is 2. The van der Waals surface area contributed by atoms with Crippen molar-refractivity contribution in [2.45, 2.75) is 19.4 Å². The summed E-state index contributed by atoms with van der Waals surface area (Å²) in [6.07, 6.45) is 2.15. The maximum Gasteiger partial charge on any atom is 0.328 e. The van der Waals surface area contributed by atoms with Crippen molar-refractivity contribution >= 4 is 28.0 Å². The van der Waals surface area contributed by atoms with Crippen LogP contribution in [0.1, 0.15) is 13.8 Å². The SMILES string of the molecule is C=CC(=O)NC(C)(C)CS(=O)(=O)O.O=C(O)C=CC(=O)O. The zero-order chi connectivity index (χ0) is 17.3. The quantitative estimate of drug-likeness (QED) is 0.382. The number of hydrogen-bond acceptors (Lipinski definition) is 5. The topological polar surface area (TPSA) is 158 Å². The van der Waals surface area contributed by atoms with Crippen molar-refractivity contribution in [2.24, 2.45) is 0 Å². The van der Waals surface area contributed by atoms with E-state index in [0.29, 0.717) is 12.2 Å². The maximum atomic E-state index is 10.8. The van der Waals surface area contributed by atoms with Gasteiger partial charge in [0.25, 0.3) is 10.1 Å². The number of carbonyl (C=O) groups excluding carboxylic acids is 1. The number of carboxylic acid groups (broad SMARTS) is 2. The van der Waals surface area contributed by atoms with E-state index >= 15 is 0 Å². The highest BCUT2D eigenvalue weighted by molar-refractivity contribution is 7.85. The molecule has 0 rings (SSSR count). The van der Waals surface area contributed by atoms with Crippen molar-refractivity contribution in [1.82, 2.24) is 5.32 Å². The fourth-order valence-corrected chi connectivity index (χ4v) is 2.00. The van der Waals surface area contributed by atoms with Crippen molar-refractivity contribution in [3.63, 3.8) is 0 Å². The first kappa shape index (κ1) is 21.1. The molecule has 0 fully saturated rings. The van der Waals surface area contributed by atoms with E-state index in [1.807, 2.05) is 0 Å². The monoisotopic (exact) mass is 323 g/mol. The molecule has 0 aromatic carbocycles. The smallest absolute Gasteiger partial charge is 0.328 e. The Balaban J connectivity index is 0. The van der Waals surface area contributed by atoms with E-state index in [9.17, 15) is 22.8 Å². The van der Waals surface area contributed by atoms with E-state index in [-0.39, 0.29) is 0 Å². The van der Waals surface area contributed by atoms with Gasteiger partial charge in [-0.25, -0.2) is 9.59 Å². The summed E-state index contributed by atoms with van der Waals surface area (Å²) >= 11 is 0. The molecular weight excluding hydrogens is 306 g/mol. The standard InChI is InChI=1S/C7H13NO4S.C4H4O4/c1-4-6(9)8-7(2,3)5-13(10,11)12;5-3(6)1-2-4(7)8/h4H,1,5H2,2-3H3,(H,8,9)(H,10,11,12);1-2H,(H,5,6)(H,7,8). The van der Waals surface area contributed by atoms with Crippen molar-refractivity contribution in [2.75, 3.05) is 5.75 Å². The van der Waals surface area contributed by atoms with Crippen LogP contribution in [0.3, 0.4) is 0 Å². The summed E-state index contributed by atoms with van der Waals surface area (Å²) in [5, 5.41) is 18.0. The first-order chi connectivity index (χ1) is 9.29. The molecule has 0 spiro atoms. The molecule has 0 saturated carbocycles. The molecule has 0 aliphatic rings. The summed E-state index contributed by atoms with van der Waals surface area (Å²) in [6, 6.07) is 0. The lowest BCUT2D eigenvalue weighted by Crippen LogP contribution is -2.47. The van der Waals surface area contributed by atoms with Crippen LogP contribution >= 0.6 is 0 Å². The summed E-state index contributed by atoms with van der Waals surface area (Å²) < 4.78 is 29.5. The lowest BCUT2D eigenvalue weighted by molar-refractivity contribution is -0.134. The van der Waals surface area contributed by atoms with Gasteiger partial charge in [0.05, 0.1) is 11.3 Å². The average molecular weight is 323 g/mol. The first-order valence-electron chi connectivity index (χ1n) is 5.33. The Morgan fingerprint density at radius 3 is 1.76 bits per heavy atom. The van der Waals surface area contributed by atoms with E-state index in [0.717, 1.165) is 6.08 Å². The van der Waals surface area contributed by atoms with Crippen molar-refractivity contribution in [1.29, 1.82) is 0 Å². The molecule has 0 aromatic rings. The first-order valence-corrected chi connectivity index (χ1v) is 6.93. The zero-order valence-electron chi connectivity index (χ0n) is 11.4. The van der Waals surface area contributed by atoms with E-state index < -0.39 is 39.3 Å². The van der Waals surface area contributed by atoms with Gasteiger partial charge in [-0.3, -0.25) is 9.35 Å². The third kappa shape index (κ3) is 17.8. The van der Waals surface area contributed by atoms with Crippen LogP contribution in [0.5, 0.6) is 0 Å². The summed E-state index contributed by atoms with van der Waals surface area (Å²) in [4.78, 5) is 29.9. The molecule has 0 aliphatic heterocycles. The van der Waals surface area contributed by atoms with Crippen LogP contribution in [0.15, 0.2) is 24.8 Å². The molecule has 120 valence electrons. The van der Waals surface area contributed by atoms with Crippen LogP contribution in [-0.4, -0.2) is 52.3 Å². The summed E-state index contributed by atoms with van der Waals surface area (Å²) in [6.45, 7) is 6.19. The van der Waals surface area contributed by atoms with Crippen LogP contribution in [0.4, 0.5) is 0 Å². The zero-order valence-corrected chi connectivity index (χ0v) is 12.3. The maximum absolute atomic E-state index is 10.8. The van der Waals surface area contributed by atoms with Gasteiger partial charge < -0.3 is 15.5 Å².